The fraction of sp³-hybridized carbons (Fsp3) is 0.360. The number of aliphatic hydroxyl groups excluding tert-OH is 1. The van der Waals surface area contributed by atoms with Crippen LogP contribution in [0.2, 0.25) is 0 Å². The van der Waals surface area contributed by atoms with Crippen molar-refractivity contribution in [3.63, 3.8) is 0 Å². The lowest BCUT2D eigenvalue weighted by molar-refractivity contribution is -0.0329. The van der Waals surface area contributed by atoms with E-state index in [1.54, 1.807) is 29.3 Å². The summed E-state index contributed by atoms with van der Waals surface area (Å²) in [7, 11) is 0. The average molecular weight is 504 g/mol. The van der Waals surface area contributed by atoms with E-state index >= 15 is 0 Å². The largest absolute Gasteiger partial charge is 0.446 e. The van der Waals surface area contributed by atoms with Crippen molar-refractivity contribution in [1.29, 1.82) is 0 Å². The first-order valence-electron chi connectivity index (χ1n) is 11.3. The molecule has 1 saturated heterocycles. The molecule has 6 nitrogen and oxygen atoms in total. The summed E-state index contributed by atoms with van der Waals surface area (Å²) in [6, 6.07) is 15.8. The lowest BCUT2D eigenvalue weighted by atomic mass is 10.0. The van der Waals surface area contributed by atoms with Crippen molar-refractivity contribution in [3.8, 4) is 0 Å². The van der Waals surface area contributed by atoms with E-state index in [4.69, 9.17) is 0 Å². The molecule has 0 aliphatic carbocycles. The van der Waals surface area contributed by atoms with E-state index in [0.717, 1.165) is 17.7 Å². The predicted octanol–water partition coefficient (Wildman–Crippen LogP) is 5.77. The van der Waals surface area contributed by atoms with Crippen LogP contribution in [0, 0.1) is 0 Å². The lowest BCUT2D eigenvalue weighted by Gasteiger charge is -2.32. The summed E-state index contributed by atoms with van der Waals surface area (Å²) in [5.74, 6) is 1.32. The summed E-state index contributed by atoms with van der Waals surface area (Å²) in [6.07, 6.45) is 1.42. The monoisotopic (exact) mass is 503 g/mol. The molecule has 1 aromatic carbocycles. The van der Waals surface area contributed by atoms with Crippen molar-refractivity contribution in [2.45, 2.75) is 56.0 Å². The molecule has 186 valence electrons. The van der Waals surface area contributed by atoms with Gasteiger partial charge in [-0.2, -0.15) is 13.2 Å². The number of nitrogens with zero attached hydrogens (tertiary/aromatic N) is 4. The second kappa shape index (κ2) is 10.0. The van der Waals surface area contributed by atoms with Crippen molar-refractivity contribution >= 4 is 29.1 Å². The number of rotatable bonds is 7. The summed E-state index contributed by atoms with van der Waals surface area (Å²) in [5.41, 5.74) is -2.68. The topological polar surface area (TPSA) is 64.5 Å². The Hall–Kier alpha value is -2.82. The maximum absolute atomic E-state index is 13.1. The summed E-state index contributed by atoms with van der Waals surface area (Å²) >= 11 is -0.167. The number of halogens is 3. The van der Waals surface area contributed by atoms with Gasteiger partial charge in [-0.1, -0.05) is 25.1 Å². The zero-order valence-corrected chi connectivity index (χ0v) is 20.6. The number of hydrogen-bond acceptors (Lipinski definition) is 7. The van der Waals surface area contributed by atoms with E-state index in [1.807, 2.05) is 56.0 Å². The Morgan fingerprint density at radius 2 is 1.89 bits per heavy atom. The third-order valence-corrected chi connectivity index (χ3v) is 6.69. The minimum Gasteiger partial charge on any atom is -0.361 e. The second-order valence-electron chi connectivity index (χ2n) is 8.97. The summed E-state index contributed by atoms with van der Waals surface area (Å²) in [5, 5.41) is 14.4. The molecule has 3 heterocycles. The molecule has 1 fully saturated rings. The minimum atomic E-state index is -4.41. The molecule has 0 saturated carbocycles. The minimum absolute atomic E-state index is 0.0638. The summed E-state index contributed by atoms with van der Waals surface area (Å²) < 4.78 is 39.3. The van der Waals surface area contributed by atoms with Crippen LogP contribution in [0.3, 0.4) is 0 Å². The fourth-order valence-electron chi connectivity index (χ4n) is 4.20. The van der Waals surface area contributed by atoms with Crippen molar-refractivity contribution in [1.82, 2.24) is 14.9 Å². The highest BCUT2D eigenvalue weighted by Crippen LogP contribution is 2.44. The smallest absolute Gasteiger partial charge is 0.361 e. The fourth-order valence-corrected chi connectivity index (χ4v) is 4.88. The Morgan fingerprint density at radius 3 is 2.63 bits per heavy atom. The van der Waals surface area contributed by atoms with Gasteiger partial charge in [-0.05, 0) is 74.0 Å². The number of pyridine rings is 2. The Morgan fingerprint density at radius 1 is 1.11 bits per heavy atom. The number of para-hydroxylation sites is 1. The van der Waals surface area contributed by atoms with Crippen molar-refractivity contribution in [3.05, 3.63) is 72.1 Å². The number of aryl methyl sites for hydroxylation is 1. The maximum Gasteiger partial charge on any atom is 0.446 e. The molecule has 2 N–H and O–H groups in total. The quantitative estimate of drug-likeness (QED) is 0.397. The zero-order chi connectivity index (χ0) is 25.2. The molecule has 0 amide bonds. The number of anilines is 3. The Kier molecular flexibility index (Phi) is 7.25. The normalized spacial score (nSPS) is 18.1. The second-order valence-corrected chi connectivity index (χ2v) is 10.1. The molecule has 10 heteroatoms. The number of aliphatic hydroxyl groups is 1. The molecule has 1 atom stereocenters. The van der Waals surface area contributed by atoms with E-state index in [1.165, 1.54) is 6.07 Å². The van der Waals surface area contributed by atoms with Crippen molar-refractivity contribution in [2.24, 2.45) is 0 Å². The standard InChI is InChI=1S/C25H28F3N5OS/c1-4-18-8-7-11-21(30-18)31-22-14-17(12-13-29-22)15-33-23(34)32(16-24(33,2)3)19-9-5-6-10-20(19)35-25(26,27)28/h5-14,23,34H,4,15-16H2,1-3H3,(H,29,30,31). The third kappa shape index (κ3) is 6.06. The van der Waals surface area contributed by atoms with Crippen LogP contribution in [0.15, 0.2) is 65.7 Å². The molecule has 1 aliphatic heterocycles. The molecule has 0 radical (unpaired) electrons. The third-order valence-electron chi connectivity index (χ3n) is 5.90. The molecular weight excluding hydrogens is 475 g/mol. The Balaban J connectivity index is 1.54. The molecule has 35 heavy (non-hydrogen) atoms. The van der Waals surface area contributed by atoms with Crippen LogP contribution in [0.1, 0.15) is 32.0 Å². The van der Waals surface area contributed by atoms with Crippen LogP contribution in [-0.4, -0.2) is 43.9 Å². The van der Waals surface area contributed by atoms with E-state index in [2.05, 4.69) is 15.3 Å². The van der Waals surface area contributed by atoms with Gasteiger partial charge in [-0.3, -0.25) is 0 Å². The van der Waals surface area contributed by atoms with Gasteiger partial charge < -0.3 is 15.3 Å². The number of benzene rings is 1. The van der Waals surface area contributed by atoms with E-state index in [9.17, 15) is 18.3 Å². The van der Waals surface area contributed by atoms with Gasteiger partial charge in [0.15, 0.2) is 6.35 Å². The molecule has 4 rings (SSSR count). The van der Waals surface area contributed by atoms with Crippen LogP contribution < -0.4 is 10.2 Å². The molecule has 0 spiro atoms. The van der Waals surface area contributed by atoms with E-state index in [0.29, 0.717) is 30.4 Å². The zero-order valence-electron chi connectivity index (χ0n) is 19.8. The molecule has 1 aliphatic rings. The van der Waals surface area contributed by atoms with Crippen LogP contribution in [-0.2, 0) is 13.0 Å². The summed E-state index contributed by atoms with van der Waals surface area (Å²) in [4.78, 5) is 12.5. The van der Waals surface area contributed by atoms with E-state index in [-0.39, 0.29) is 16.7 Å². The Labute approximate surface area is 207 Å². The molecule has 2 aromatic heterocycles. The van der Waals surface area contributed by atoms with Gasteiger partial charge in [0.25, 0.3) is 0 Å². The highest BCUT2D eigenvalue weighted by atomic mass is 32.2. The van der Waals surface area contributed by atoms with Crippen LogP contribution in [0.5, 0.6) is 0 Å². The van der Waals surface area contributed by atoms with E-state index < -0.39 is 17.4 Å². The summed E-state index contributed by atoms with van der Waals surface area (Å²) in [6.45, 7) is 6.73. The predicted molar refractivity (Wildman–Crippen MR) is 132 cm³/mol. The first-order valence-corrected chi connectivity index (χ1v) is 12.1. The number of thioether (sulfide) groups is 1. The van der Waals surface area contributed by atoms with Gasteiger partial charge in [0, 0.05) is 35.4 Å². The van der Waals surface area contributed by atoms with Gasteiger partial charge in [0.2, 0.25) is 0 Å². The van der Waals surface area contributed by atoms with Gasteiger partial charge in [-0.15, -0.1) is 0 Å². The first-order chi connectivity index (χ1) is 16.6. The number of nitrogens with one attached hydrogen (secondary N) is 1. The van der Waals surface area contributed by atoms with Crippen LogP contribution in [0.4, 0.5) is 30.5 Å². The molecule has 0 bridgehead atoms. The van der Waals surface area contributed by atoms with Gasteiger partial charge in [-0.25, -0.2) is 14.9 Å². The first kappa shape index (κ1) is 25.3. The number of aromatic nitrogens is 2. The highest BCUT2D eigenvalue weighted by Gasteiger charge is 2.45. The average Bonchev–Trinajstić information content (AvgIpc) is 3.02. The highest BCUT2D eigenvalue weighted by molar-refractivity contribution is 8.00. The SMILES string of the molecule is CCc1cccc(Nc2cc(CN3C(O)N(c4ccccc4SC(F)(F)F)CC3(C)C)ccn2)n1. The number of alkyl halides is 3. The van der Waals surface area contributed by atoms with Crippen molar-refractivity contribution < 1.29 is 18.3 Å². The van der Waals surface area contributed by atoms with Crippen LogP contribution >= 0.6 is 11.8 Å². The van der Waals surface area contributed by atoms with Gasteiger partial charge >= 0.3 is 5.51 Å². The maximum atomic E-state index is 13.1. The van der Waals surface area contributed by atoms with Gasteiger partial charge in [0.05, 0.1) is 5.69 Å². The molecular formula is C25H28F3N5OS. The number of hydrogen-bond donors (Lipinski definition) is 2. The lowest BCUT2D eigenvalue weighted by Crippen LogP contribution is -2.44. The van der Waals surface area contributed by atoms with Crippen LogP contribution in [0.25, 0.3) is 0 Å². The van der Waals surface area contributed by atoms with Crippen molar-refractivity contribution in [2.75, 3.05) is 16.8 Å². The molecule has 1 unspecified atom stereocenters. The molecule has 3 aromatic rings. The van der Waals surface area contributed by atoms with Gasteiger partial charge in [0.1, 0.15) is 11.6 Å². The Bertz CT molecular complexity index is 1170.